The summed E-state index contributed by atoms with van der Waals surface area (Å²) in [5.41, 5.74) is 0.304. The van der Waals surface area contributed by atoms with Crippen molar-refractivity contribution in [1.29, 1.82) is 0 Å². The molecule has 134 valence electrons. The Balaban J connectivity index is 1.66. The van der Waals surface area contributed by atoms with Crippen LogP contribution in [0.25, 0.3) is 0 Å². The van der Waals surface area contributed by atoms with E-state index in [1.807, 2.05) is 0 Å². The number of alkyl halides is 3. The van der Waals surface area contributed by atoms with Gasteiger partial charge >= 0.3 is 6.18 Å². The summed E-state index contributed by atoms with van der Waals surface area (Å²) in [4.78, 5) is 15.8. The number of hydrogen-bond donors (Lipinski definition) is 0. The molecule has 2 aromatic rings. The van der Waals surface area contributed by atoms with E-state index < -0.39 is 11.2 Å². The molecule has 0 bridgehead atoms. The van der Waals surface area contributed by atoms with Gasteiger partial charge in [-0.05, 0) is 12.1 Å². The van der Waals surface area contributed by atoms with Gasteiger partial charge in [0.05, 0.1) is 15.6 Å². The first-order valence-electron chi connectivity index (χ1n) is 7.16. The lowest BCUT2D eigenvalue weighted by atomic mass is 10.2. The molecular formula is C14H11Cl2F3N4OS. The van der Waals surface area contributed by atoms with E-state index >= 15 is 0 Å². The number of carbonyl (C=O) groups excluding carboxylic acids is 1. The van der Waals surface area contributed by atoms with Crippen LogP contribution in [0.2, 0.25) is 10.0 Å². The smallest absolute Gasteiger partial charge is 0.343 e. The van der Waals surface area contributed by atoms with Gasteiger partial charge in [-0.3, -0.25) is 4.79 Å². The molecule has 1 amide bonds. The molecule has 0 unspecified atom stereocenters. The third-order valence-electron chi connectivity index (χ3n) is 3.68. The maximum absolute atomic E-state index is 12.6. The van der Waals surface area contributed by atoms with Crippen LogP contribution in [0.4, 0.5) is 18.3 Å². The van der Waals surface area contributed by atoms with Crippen molar-refractivity contribution in [3.8, 4) is 0 Å². The van der Waals surface area contributed by atoms with E-state index in [-0.39, 0.29) is 16.1 Å². The molecule has 1 aliphatic heterocycles. The first-order chi connectivity index (χ1) is 11.8. The molecule has 1 aromatic heterocycles. The van der Waals surface area contributed by atoms with Gasteiger partial charge in [0.25, 0.3) is 5.91 Å². The lowest BCUT2D eigenvalue weighted by molar-refractivity contribution is -0.138. The Hall–Kier alpha value is -1.58. The van der Waals surface area contributed by atoms with Crippen LogP contribution in [0.5, 0.6) is 0 Å². The Bertz CT molecular complexity index is 791. The average molecular weight is 411 g/mol. The molecule has 1 saturated heterocycles. The number of aromatic nitrogens is 2. The molecule has 1 aromatic carbocycles. The average Bonchev–Trinajstić information content (AvgIpc) is 3.07. The highest BCUT2D eigenvalue weighted by Crippen LogP contribution is 2.34. The van der Waals surface area contributed by atoms with Gasteiger partial charge in [-0.15, -0.1) is 10.2 Å². The van der Waals surface area contributed by atoms with E-state index in [0.717, 1.165) is 0 Å². The zero-order chi connectivity index (χ0) is 18.2. The molecule has 11 heteroatoms. The zero-order valence-corrected chi connectivity index (χ0v) is 14.9. The predicted molar refractivity (Wildman–Crippen MR) is 89.5 cm³/mol. The fraction of sp³-hybridized carbons (Fsp3) is 0.357. The number of halogens is 5. The highest BCUT2D eigenvalue weighted by molar-refractivity contribution is 7.15. The van der Waals surface area contributed by atoms with Crippen LogP contribution < -0.4 is 4.90 Å². The second-order valence-corrected chi connectivity index (χ2v) is 7.01. The summed E-state index contributed by atoms with van der Waals surface area (Å²) in [5.74, 6) is -0.264. The monoisotopic (exact) mass is 410 g/mol. The topological polar surface area (TPSA) is 49.3 Å². The highest BCUT2D eigenvalue weighted by Gasteiger charge is 2.36. The predicted octanol–water partition coefficient (Wildman–Crippen LogP) is 3.83. The molecule has 0 atom stereocenters. The summed E-state index contributed by atoms with van der Waals surface area (Å²) in [7, 11) is 0. The highest BCUT2D eigenvalue weighted by atomic mass is 35.5. The van der Waals surface area contributed by atoms with Crippen molar-refractivity contribution in [1.82, 2.24) is 15.1 Å². The van der Waals surface area contributed by atoms with E-state index in [1.165, 1.54) is 0 Å². The molecule has 0 saturated carbocycles. The van der Waals surface area contributed by atoms with Crippen LogP contribution in [0.1, 0.15) is 15.4 Å². The number of amides is 1. The Morgan fingerprint density at radius 2 is 1.80 bits per heavy atom. The number of hydrogen-bond acceptors (Lipinski definition) is 5. The third kappa shape index (κ3) is 3.83. The normalized spacial score (nSPS) is 15.6. The molecule has 2 heterocycles. The van der Waals surface area contributed by atoms with Gasteiger partial charge in [-0.1, -0.05) is 40.6 Å². The van der Waals surface area contributed by atoms with Crippen LogP contribution in [-0.4, -0.2) is 47.2 Å². The standard InChI is InChI=1S/C14H11Cl2F3N4OS/c15-9-3-1-2-8(10(9)16)11(24)22-4-6-23(7-5-22)13-21-20-12(25-13)14(17,18)19/h1-3H,4-7H2. The van der Waals surface area contributed by atoms with E-state index in [2.05, 4.69) is 10.2 Å². The summed E-state index contributed by atoms with van der Waals surface area (Å²) in [5, 5.41) is 6.46. The van der Waals surface area contributed by atoms with Gasteiger partial charge in [-0.25, -0.2) is 0 Å². The maximum Gasteiger partial charge on any atom is 0.445 e. The summed E-state index contributed by atoms with van der Waals surface area (Å²) in [6, 6.07) is 4.81. The molecule has 1 aliphatic rings. The molecule has 0 aliphatic carbocycles. The van der Waals surface area contributed by atoms with Crippen LogP contribution in [0.15, 0.2) is 18.2 Å². The molecular weight excluding hydrogens is 400 g/mol. The first-order valence-corrected chi connectivity index (χ1v) is 8.73. The van der Waals surface area contributed by atoms with Gasteiger partial charge in [0.1, 0.15) is 0 Å². The van der Waals surface area contributed by atoms with Gasteiger partial charge in [0.2, 0.25) is 10.1 Å². The lowest BCUT2D eigenvalue weighted by Gasteiger charge is -2.34. The molecule has 0 radical (unpaired) electrons. The fourth-order valence-electron chi connectivity index (χ4n) is 2.40. The van der Waals surface area contributed by atoms with E-state index in [1.54, 1.807) is 28.0 Å². The van der Waals surface area contributed by atoms with Crippen molar-refractivity contribution < 1.29 is 18.0 Å². The molecule has 0 spiro atoms. The first kappa shape index (κ1) is 18.2. The van der Waals surface area contributed by atoms with Gasteiger partial charge in [0.15, 0.2) is 0 Å². The summed E-state index contributed by atoms with van der Waals surface area (Å²) in [6.45, 7) is 1.39. The van der Waals surface area contributed by atoms with Crippen molar-refractivity contribution >= 4 is 45.6 Å². The van der Waals surface area contributed by atoms with Crippen LogP contribution in [0, 0.1) is 0 Å². The van der Waals surface area contributed by atoms with Crippen molar-refractivity contribution in [2.75, 3.05) is 31.1 Å². The van der Waals surface area contributed by atoms with Crippen molar-refractivity contribution in [2.45, 2.75) is 6.18 Å². The van der Waals surface area contributed by atoms with Gasteiger partial charge in [-0.2, -0.15) is 13.2 Å². The number of nitrogens with zero attached hydrogens (tertiary/aromatic N) is 4. The Kier molecular flexibility index (Phi) is 5.08. The Morgan fingerprint density at radius 3 is 2.40 bits per heavy atom. The second kappa shape index (κ2) is 6.97. The summed E-state index contributed by atoms with van der Waals surface area (Å²) >= 11 is 12.5. The quantitative estimate of drug-likeness (QED) is 0.754. The van der Waals surface area contributed by atoms with Crippen molar-refractivity contribution in [3.63, 3.8) is 0 Å². The number of carbonyl (C=O) groups is 1. The fourth-order valence-corrected chi connectivity index (χ4v) is 3.54. The number of rotatable bonds is 2. The van der Waals surface area contributed by atoms with E-state index in [0.29, 0.717) is 48.1 Å². The largest absolute Gasteiger partial charge is 0.445 e. The second-order valence-electron chi connectivity index (χ2n) is 5.27. The molecule has 25 heavy (non-hydrogen) atoms. The number of piperazine rings is 1. The lowest BCUT2D eigenvalue weighted by Crippen LogP contribution is -2.48. The number of benzene rings is 1. The minimum atomic E-state index is -4.50. The maximum atomic E-state index is 12.6. The van der Waals surface area contributed by atoms with Crippen LogP contribution in [0.3, 0.4) is 0 Å². The van der Waals surface area contributed by atoms with Crippen LogP contribution >= 0.6 is 34.5 Å². The van der Waals surface area contributed by atoms with E-state index in [9.17, 15) is 18.0 Å². The summed E-state index contributed by atoms with van der Waals surface area (Å²) in [6.07, 6.45) is -4.50. The van der Waals surface area contributed by atoms with Gasteiger partial charge < -0.3 is 9.80 Å². The number of anilines is 1. The minimum Gasteiger partial charge on any atom is -0.343 e. The van der Waals surface area contributed by atoms with Gasteiger partial charge in [0, 0.05) is 26.2 Å². The Labute approximate surface area is 155 Å². The van der Waals surface area contributed by atoms with E-state index in [4.69, 9.17) is 23.2 Å². The zero-order valence-electron chi connectivity index (χ0n) is 12.6. The molecule has 1 fully saturated rings. The van der Waals surface area contributed by atoms with Crippen molar-refractivity contribution in [3.05, 3.63) is 38.8 Å². The molecule has 3 rings (SSSR count). The minimum absolute atomic E-state index is 0.190. The van der Waals surface area contributed by atoms with Crippen molar-refractivity contribution in [2.24, 2.45) is 0 Å². The molecule has 0 N–H and O–H groups in total. The SMILES string of the molecule is O=C(c1cccc(Cl)c1Cl)N1CCN(c2nnc(C(F)(F)F)s2)CC1. The Morgan fingerprint density at radius 1 is 1.12 bits per heavy atom. The molecule has 5 nitrogen and oxygen atoms in total. The summed E-state index contributed by atoms with van der Waals surface area (Å²) < 4.78 is 37.8. The third-order valence-corrected chi connectivity index (χ3v) is 5.52. The van der Waals surface area contributed by atoms with Crippen LogP contribution in [-0.2, 0) is 6.18 Å².